The summed E-state index contributed by atoms with van der Waals surface area (Å²) in [6.07, 6.45) is 3.59. The van der Waals surface area contributed by atoms with Crippen molar-refractivity contribution in [1.29, 1.82) is 0 Å². The van der Waals surface area contributed by atoms with Crippen molar-refractivity contribution in [2.75, 3.05) is 6.54 Å². The van der Waals surface area contributed by atoms with E-state index in [1.54, 1.807) is 30.6 Å². The van der Waals surface area contributed by atoms with Gasteiger partial charge in [-0.3, -0.25) is 0 Å². The van der Waals surface area contributed by atoms with Gasteiger partial charge in [0.1, 0.15) is 11.9 Å². The van der Waals surface area contributed by atoms with Gasteiger partial charge < -0.3 is 19.7 Å². The molecule has 0 radical (unpaired) electrons. The van der Waals surface area contributed by atoms with Gasteiger partial charge >= 0.3 is 0 Å². The van der Waals surface area contributed by atoms with Crippen LogP contribution >= 0.6 is 0 Å². The van der Waals surface area contributed by atoms with Crippen molar-refractivity contribution in [2.45, 2.75) is 51.4 Å². The minimum Gasteiger partial charge on any atom is -0.507 e. The fourth-order valence-corrected chi connectivity index (χ4v) is 4.61. The molecular formula is C23H26FN5O2. The minimum absolute atomic E-state index is 0.0896. The van der Waals surface area contributed by atoms with Gasteiger partial charge in [-0.1, -0.05) is 6.92 Å². The number of halogens is 1. The lowest BCUT2D eigenvalue weighted by Crippen LogP contribution is -2.72. The Morgan fingerprint density at radius 2 is 2.03 bits per heavy atom. The van der Waals surface area contributed by atoms with Gasteiger partial charge in [0.15, 0.2) is 6.17 Å². The van der Waals surface area contributed by atoms with E-state index in [4.69, 9.17) is 4.74 Å². The first-order valence-corrected chi connectivity index (χ1v) is 10.5. The van der Waals surface area contributed by atoms with Crippen molar-refractivity contribution in [3.8, 4) is 28.6 Å². The Morgan fingerprint density at radius 3 is 2.65 bits per heavy atom. The highest BCUT2D eigenvalue weighted by Crippen LogP contribution is 2.48. The number of phenols is 1. The Balaban J connectivity index is 1.36. The van der Waals surface area contributed by atoms with Gasteiger partial charge in [-0.25, -0.2) is 9.37 Å². The molecule has 0 amide bonds. The molecule has 3 aliphatic rings. The summed E-state index contributed by atoms with van der Waals surface area (Å²) in [5.74, 6) is 0.380. The second kappa shape index (κ2) is 7.02. The normalized spacial score (nSPS) is 29.8. The predicted molar refractivity (Wildman–Crippen MR) is 114 cm³/mol. The van der Waals surface area contributed by atoms with E-state index in [0.717, 1.165) is 30.8 Å². The van der Waals surface area contributed by atoms with Crippen molar-refractivity contribution < 1.29 is 14.2 Å². The maximum Gasteiger partial charge on any atom is 0.233 e. The Morgan fingerprint density at radius 1 is 1.19 bits per heavy atom. The molecule has 2 saturated heterocycles. The number of imidazole rings is 1. The monoisotopic (exact) mass is 423 g/mol. The lowest BCUT2D eigenvalue weighted by atomic mass is 9.61. The van der Waals surface area contributed by atoms with Crippen LogP contribution in [0.2, 0.25) is 0 Å². The number of phenolic OH excluding ortho intramolecular Hbond substituents is 1. The van der Waals surface area contributed by atoms with E-state index < -0.39 is 17.8 Å². The summed E-state index contributed by atoms with van der Waals surface area (Å²) < 4.78 is 23.0. The number of alkyl halides is 1. The van der Waals surface area contributed by atoms with Crippen molar-refractivity contribution >= 4 is 0 Å². The number of nitrogens with one attached hydrogen (secondary N) is 1. The van der Waals surface area contributed by atoms with Gasteiger partial charge in [0.25, 0.3) is 0 Å². The molecule has 4 heterocycles. The lowest BCUT2D eigenvalue weighted by molar-refractivity contribution is -0.120. The summed E-state index contributed by atoms with van der Waals surface area (Å²) in [5, 5.41) is 22.2. The van der Waals surface area contributed by atoms with Gasteiger partial charge in [-0.2, -0.15) is 0 Å². The van der Waals surface area contributed by atoms with E-state index >= 15 is 4.39 Å². The van der Waals surface area contributed by atoms with Gasteiger partial charge in [0.05, 0.1) is 28.9 Å². The zero-order chi connectivity index (χ0) is 21.8. The molecular weight excluding hydrogens is 397 g/mol. The Bertz CT molecular complexity index is 1110. The second-order valence-electron chi connectivity index (χ2n) is 9.25. The number of aromatic hydroxyl groups is 1. The molecule has 8 heteroatoms. The lowest BCUT2D eigenvalue weighted by Gasteiger charge is -2.56. The fraction of sp³-hybridized carbons (Fsp3) is 0.435. The van der Waals surface area contributed by atoms with Crippen LogP contribution in [0.5, 0.6) is 11.6 Å². The molecule has 0 spiro atoms. The number of aryl methyl sites for hydroxylation is 1. The van der Waals surface area contributed by atoms with Crippen molar-refractivity contribution in [3.05, 3.63) is 48.5 Å². The molecule has 162 valence electrons. The number of hydrogen-bond donors (Lipinski definition) is 2. The third kappa shape index (κ3) is 3.35. The SMILES string of the molecule is Cc1cn(-c2ccc(-c3ccc(O[C@H]4[C@H](F)[C@]5(C)CC[C@@]4(C)CN5)nn3)c(O)c2)cn1. The maximum atomic E-state index is 15.2. The number of fused-ring (bicyclic) bond motifs is 3. The van der Waals surface area contributed by atoms with Crippen LogP contribution in [0.15, 0.2) is 42.9 Å². The van der Waals surface area contributed by atoms with Crippen molar-refractivity contribution in [3.63, 3.8) is 0 Å². The van der Waals surface area contributed by atoms with E-state index in [2.05, 4.69) is 27.4 Å². The summed E-state index contributed by atoms with van der Waals surface area (Å²) in [7, 11) is 0. The quantitative estimate of drug-likeness (QED) is 0.667. The number of ether oxygens (including phenoxy) is 1. The first kappa shape index (κ1) is 19.9. The Kier molecular flexibility index (Phi) is 4.51. The van der Waals surface area contributed by atoms with Crippen LogP contribution in [-0.2, 0) is 0 Å². The molecule has 1 saturated carbocycles. The van der Waals surface area contributed by atoms with Crippen molar-refractivity contribution in [1.82, 2.24) is 25.1 Å². The molecule has 2 N–H and O–H groups in total. The third-order valence-corrected chi connectivity index (χ3v) is 6.83. The molecule has 3 aromatic rings. The predicted octanol–water partition coefficient (Wildman–Crippen LogP) is 3.59. The molecule has 31 heavy (non-hydrogen) atoms. The first-order valence-electron chi connectivity index (χ1n) is 10.5. The third-order valence-electron chi connectivity index (χ3n) is 6.83. The zero-order valence-electron chi connectivity index (χ0n) is 17.8. The Hall–Kier alpha value is -3.00. The standard InChI is InChI=1S/C23H26FN5O2/c1-14-11-29(13-25-14)15-4-5-16(18(30)10-15)17-6-7-19(28-27-17)31-21-20(24)23(3)9-8-22(21,2)12-26-23/h4-7,10-11,13,20-21,26,30H,8-9,12H2,1-3H3/t20-,21-,22-,23-/m0/s1. The maximum absolute atomic E-state index is 15.2. The second-order valence-corrected chi connectivity index (χ2v) is 9.25. The van der Waals surface area contributed by atoms with E-state index in [1.165, 1.54) is 0 Å². The summed E-state index contributed by atoms with van der Waals surface area (Å²) in [6, 6.07) is 8.74. The number of benzene rings is 1. The van der Waals surface area contributed by atoms with Crippen LogP contribution in [0, 0.1) is 12.3 Å². The van der Waals surface area contributed by atoms with E-state index in [0.29, 0.717) is 17.1 Å². The van der Waals surface area contributed by atoms with E-state index in [1.807, 2.05) is 30.7 Å². The van der Waals surface area contributed by atoms with Gasteiger partial charge in [0.2, 0.25) is 5.88 Å². The van der Waals surface area contributed by atoms with Crippen LogP contribution in [0.4, 0.5) is 4.39 Å². The fourth-order valence-electron chi connectivity index (χ4n) is 4.61. The van der Waals surface area contributed by atoms with E-state index in [9.17, 15) is 5.11 Å². The average Bonchev–Trinajstić information content (AvgIpc) is 3.20. The molecule has 1 aliphatic carbocycles. The van der Waals surface area contributed by atoms with Crippen LogP contribution in [0.1, 0.15) is 32.4 Å². The highest BCUT2D eigenvalue weighted by molar-refractivity contribution is 5.68. The number of nitrogens with zero attached hydrogens (tertiary/aromatic N) is 4. The number of rotatable bonds is 4. The molecule has 0 unspecified atom stereocenters. The van der Waals surface area contributed by atoms with Gasteiger partial charge in [-0.15, -0.1) is 10.2 Å². The van der Waals surface area contributed by atoms with Crippen LogP contribution in [-0.4, -0.2) is 49.2 Å². The largest absolute Gasteiger partial charge is 0.507 e. The molecule has 6 rings (SSSR count). The molecule has 2 aromatic heterocycles. The minimum atomic E-state index is -1.12. The number of hydrogen-bond acceptors (Lipinski definition) is 6. The molecule has 3 fully saturated rings. The molecule has 1 aromatic carbocycles. The van der Waals surface area contributed by atoms with Gasteiger partial charge in [0, 0.05) is 35.9 Å². The summed E-state index contributed by atoms with van der Waals surface area (Å²) in [5.41, 5.74) is 1.93. The van der Waals surface area contributed by atoms with Crippen LogP contribution < -0.4 is 10.1 Å². The highest BCUT2D eigenvalue weighted by atomic mass is 19.1. The average molecular weight is 423 g/mol. The number of piperidine rings is 2. The molecule has 2 aliphatic heterocycles. The summed E-state index contributed by atoms with van der Waals surface area (Å²) in [6.45, 7) is 6.60. The highest BCUT2D eigenvalue weighted by Gasteiger charge is 2.58. The summed E-state index contributed by atoms with van der Waals surface area (Å²) in [4.78, 5) is 4.20. The topological polar surface area (TPSA) is 85.1 Å². The molecule has 7 nitrogen and oxygen atoms in total. The van der Waals surface area contributed by atoms with E-state index in [-0.39, 0.29) is 11.2 Å². The van der Waals surface area contributed by atoms with Crippen LogP contribution in [0.3, 0.4) is 0 Å². The first-order chi connectivity index (χ1) is 14.8. The van der Waals surface area contributed by atoms with Crippen molar-refractivity contribution in [2.24, 2.45) is 5.41 Å². The van der Waals surface area contributed by atoms with Crippen LogP contribution in [0.25, 0.3) is 16.9 Å². The molecule has 4 atom stereocenters. The smallest absolute Gasteiger partial charge is 0.233 e. The number of aromatic nitrogens is 4. The van der Waals surface area contributed by atoms with Gasteiger partial charge in [-0.05, 0) is 44.9 Å². The zero-order valence-corrected chi connectivity index (χ0v) is 17.8. The molecule has 2 bridgehead atoms. The summed E-state index contributed by atoms with van der Waals surface area (Å²) >= 11 is 0. The Labute approximate surface area is 180 Å².